The average molecular weight is 434 g/mol. The summed E-state index contributed by atoms with van der Waals surface area (Å²) in [5.41, 5.74) is 0. The molecule has 0 saturated carbocycles. The molecule has 154 valence electrons. The van der Waals surface area contributed by atoms with Gasteiger partial charge in [0.15, 0.2) is 6.10 Å². The van der Waals surface area contributed by atoms with E-state index in [-0.39, 0.29) is 24.7 Å². The molecule has 26 heavy (non-hydrogen) atoms. The van der Waals surface area contributed by atoms with Crippen molar-refractivity contribution in [3.8, 4) is 0 Å². The molecule has 1 unspecified atom stereocenters. The van der Waals surface area contributed by atoms with Crippen LogP contribution < -0.4 is 0 Å². The molecular weight excluding hydrogens is 405 g/mol. The van der Waals surface area contributed by atoms with Crippen molar-refractivity contribution in [1.82, 2.24) is 0 Å². The zero-order valence-electron chi connectivity index (χ0n) is 15.8. The fraction of sp³-hybridized carbons (Fsp3) is 0.857. The summed E-state index contributed by atoms with van der Waals surface area (Å²) in [7, 11) is 1.44. The molecule has 0 aromatic rings. The molecule has 0 heterocycles. The maximum atomic E-state index is 11.9. The van der Waals surface area contributed by atoms with E-state index in [0.717, 1.165) is 0 Å². The topological polar surface area (TPSA) is 108 Å². The van der Waals surface area contributed by atoms with Crippen LogP contribution >= 0.6 is 31.3 Å². The molecule has 0 bridgehead atoms. The van der Waals surface area contributed by atoms with Crippen LogP contribution in [0.1, 0.15) is 0 Å². The lowest BCUT2D eigenvalue weighted by Crippen LogP contribution is -2.37. The van der Waals surface area contributed by atoms with E-state index in [0.29, 0.717) is 11.0 Å². The number of ether oxygens (including phenoxy) is 2. The van der Waals surface area contributed by atoms with Crippen molar-refractivity contribution in [2.75, 3.05) is 71.5 Å². The lowest BCUT2D eigenvalue weighted by molar-refractivity contribution is -0.870. The summed E-state index contributed by atoms with van der Waals surface area (Å²) >= 11 is 2.55. The normalized spacial score (nSPS) is 15.2. The van der Waals surface area contributed by atoms with E-state index >= 15 is 0 Å². The highest BCUT2D eigenvalue weighted by molar-refractivity contribution is 7.99. The van der Waals surface area contributed by atoms with Gasteiger partial charge < -0.3 is 18.9 Å². The molecule has 0 aliphatic carbocycles. The van der Waals surface area contributed by atoms with Crippen molar-refractivity contribution in [3.05, 3.63) is 0 Å². The van der Waals surface area contributed by atoms with E-state index in [1.54, 1.807) is 12.5 Å². The predicted molar refractivity (Wildman–Crippen MR) is 102 cm³/mol. The fourth-order valence-corrected chi connectivity index (χ4v) is 2.81. The molecule has 0 saturated heterocycles. The third kappa shape index (κ3) is 14.8. The van der Waals surface area contributed by atoms with Crippen molar-refractivity contribution in [2.45, 2.75) is 6.10 Å². The Kier molecular flexibility index (Phi) is 12.8. The number of rotatable bonds is 14. The van der Waals surface area contributed by atoms with Crippen LogP contribution in [-0.2, 0) is 32.7 Å². The van der Waals surface area contributed by atoms with Gasteiger partial charge in [0, 0.05) is 0 Å². The molecule has 0 aliphatic heterocycles. The van der Waals surface area contributed by atoms with Crippen LogP contribution in [-0.4, -0.2) is 98.9 Å². The standard InChI is InChI=1S/C14H28NO8PS2/c1-15(2,3)6-7-21-24(18,19)22-9-12(23-14(17)11-26-5)8-20-13(16)10-25-4/h12H,6-11H2,1-5H3/p+1/t12-/m1/s1. The van der Waals surface area contributed by atoms with Gasteiger partial charge in [-0.3, -0.25) is 18.6 Å². The molecule has 0 aromatic heterocycles. The Labute approximate surface area is 163 Å². The van der Waals surface area contributed by atoms with Gasteiger partial charge in [0.25, 0.3) is 0 Å². The molecule has 0 aliphatic rings. The number of phosphoric ester groups is 1. The first-order chi connectivity index (χ1) is 12.0. The summed E-state index contributed by atoms with van der Waals surface area (Å²) in [4.78, 5) is 32.8. The van der Waals surface area contributed by atoms with Crippen LogP contribution in [0.2, 0.25) is 0 Å². The fourth-order valence-electron chi connectivity index (χ4n) is 1.44. The number of phosphoric acid groups is 1. The summed E-state index contributed by atoms with van der Waals surface area (Å²) in [5.74, 6) is -0.758. The summed E-state index contributed by atoms with van der Waals surface area (Å²) in [6, 6.07) is 0. The maximum Gasteiger partial charge on any atom is 0.472 e. The lowest BCUT2D eigenvalue weighted by atomic mass is 10.4. The molecule has 0 fully saturated rings. The van der Waals surface area contributed by atoms with Crippen LogP contribution in [0.4, 0.5) is 0 Å². The minimum absolute atomic E-state index is 0.0247. The third-order valence-electron chi connectivity index (χ3n) is 2.69. The van der Waals surface area contributed by atoms with E-state index in [9.17, 15) is 19.0 Å². The molecule has 0 spiro atoms. The van der Waals surface area contributed by atoms with Gasteiger partial charge in [0.1, 0.15) is 19.8 Å². The van der Waals surface area contributed by atoms with E-state index in [2.05, 4.69) is 0 Å². The molecule has 0 amide bonds. The Morgan fingerprint density at radius 1 is 1.04 bits per heavy atom. The highest BCUT2D eigenvalue weighted by Crippen LogP contribution is 2.43. The number of likely N-dealkylation sites (N-methyl/N-ethyl adjacent to an activating group) is 1. The summed E-state index contributed by atoms with van der Waals surface area (Å²) < 4.78 is 32.3. The van der Waals surface area contributed by atoms with E-state index in [1.165, 1.54) is 23.5 Å². The Bertz CT molecular complexity index is 486. The SMILES string of the molecule is CSCC(=O)OC[C@H](COP(=O)(O)OCC[N+](C)(C)C)OC(=O)CSC. The average Bonchev–Trinajstić information content (AvgIpc) is 2.49. The lowest BCUT2D eigenvalue weighted by Gasteiger charge is -2.24. The zero-order valence-corrected chi connectivity index (χ0v) is 18.4. The second-order valence-corrected chi connectivity index (χ2v) is 9.46. The van der Waals surface area contributed by atoms with Gasteiger partial charge in [0.2, 0.25) is 0 Å². The van der Waals surface area contributed by atoms with Gasteiger partial charge in [-0.05, 0) is 12.5 Å². The van der Waals surface area contributed by atoms with Gasteiger partial charge in [-0.15, -0.1) is 0 Å². The van der Waals surface area contributed by atoms with Gasteiger partial charge in [-0.1, -0.05) is 0 Å². The highest BCUT2D eigenvalue weighted by atomic mass is 32.2. The zero-order chi connectivity index (χ0) is 20.2. The predicted octanol–water partition coefficient (Wildman–Crippen LogP) is 1.01. The Balaban J connectivity index is 4.55. The minimum atomic E-state index is -4.30. The van der Waals surface area contributed by atoms with Gasteiger partial charge in [-0.2, -0.15) is 23.5 Å². The minimum Gasteiger partial charge on any atom is -0.461 e. The summed E-state index contributed by atoms with van der Waals surface area (Å²) in [5, 5.41) is 0. The Morgan fingerprint density at radius 2 is 1.62 bits per heavy atom. The molecule has 12 heteroatoms. The maximum absolute atomic E-state index is 11.9. The van der Waals surface area contributed by atoms with Gasteiger partial charge in [-0.25, -0.2) is 4.57 Å². The number of carbonyl (C=O) groups is 2. The molecular formula is C14H29NO8PS2+. The largest absolute Gasteiger partial charge is 0.472 e. The van der Waals surface area contributed by atoms with Crippen molar-refractivity contribution in [2.24, 2.45) is 0 Å². The summed E-state index contributed by atoms with van der Waals surface area (Å²) in [6.45, 7) is -0.160. The number of hydrogen-bond donors (Lipinski definition) is 1. The van der Waals surface area contributed by atoms with Crippen LogP contribution in [0.25, 0.3) is 0 Å². The highest BCUT2D eigenvalue weighted by Gasteiger charge is 2.26. The van der Waals surface area contributed by atoms with Crippen molar-refractivity contribution in [1.29, 1.82) is 0 Å². The van der Waals surface area contributed by atoms with Crippen LogP contribution in [0.5, 0.6) is 0 Å². The second kappa shape index (κ2) is 13.0. The number of hydrogen-bond acceptors (Lipinski definition) is 9. The number of quaternary nitrogens is 1. The second-order valence-electron chi connectivity index (χ2n) is 6.27. The summed E-state index contributed by atoms with van der Waals surface area (Å²) in [6.07, 6.45) is 2.48. The van der Waals surface area contributed by atoms with Crippen LogP contribution in [0.15, 0.2) is 0 Å². The molecule has 0 aromatic carbocycles. The quantitative estimate of drug-likeness (QED) is 0.242. The number of carbonyl (C=O) groups excluding carboxylic acids is 2. The first-order valence-corrected chi connectivity index (χ1v) is 12.0. The molecule has 0 rings (SSSR count). The van der Waals surface area contributed by atoms with Crippen molar-refractivity contribution < 1.29 is 42.1 Å². The smallest absolute Gasteiger partial charge is 0.461 e. The first kappa shape index (κ1) is 25.7. The van der Waals surface area contributed by atoms with E-state index in [1.807, 2.05) is 21.1 Å². The first-order valence-electron chi connectivity index (χ1n) is 7.74. The molecule has 2 atom stereocenters. The third-order valence-corrected chi connectivity index (χ3v) is 4.73. The number of esters is 2. The molecule has 9 nitrogen and oxygen atoms in total. The Hall–Kier alpha value is -0.290. The van der Waals surface area contributed by atoms with E-state index < -0.39 is 32.5 Å². The molecule has 0 radical (unpaired) electrons. The number of thioether (sulfide) groups is 2. The van der Waals surface area contributed by atoms with Crippen molar-refractivity contribution >= 4 is 43.3 Å². The van der Waals surface area contributed by atoms with Gasteiger partial charge in [0.05, 0.1) is 39.3 Å². The van der Waals surface area contributed by atoms with E-state index in [4.69, 9.17) is 18.5 Å². The van der Waals surface area contributed by atoms with Crippen LogP contribution in [0.3, 0.4) is 0 Å². The number of nitrogens with zero attached hydrogens (tertiary/aromatic N) is 1. The monoisotopic (exact) mass is 434 g/mol. The van der Waals surface area contributed by atoms with Crippen molar-refractivity contribution in [3.63, 3.8) is 0 Å². The van der Waals surface area contributed by atoms with Gasteiger partial charge >= 0.3 is 19.8 Å². The van der Waals surface area contributed by atoms with Crippen LogP contribution in [0, 0.1) is 0 Å². The Morgan fingerprint density at radius 3 is 2.15 bits per heavy atom. The molecule has 1 N–H and O–H groups in total.